The van der Waals surface area contributed by atoms with Gasteiger partial charge >= 0.3 is 0 Å². The van der Waals surface area contributed by atoms with Crippen LogP contribution in [0.1, 0.15) is 24.8 Å². The summed E-state index contributed by atoms with van der Waals surface area (Å²) in [6.45, 7) is 0. The second-order valence-electron chi connectivity index (χ2n) is 4.41. The molecule has 1 aromatic carbocycles. The van der Waals surface area contributed by atoms with Gasteiger partial charge in [0.15, 0.2) is 11.6 Å². The van der Waals surface area contributed by atoms with Crippen molar-refractivity contribution in [3.63, 3.8) is 0 Å². The first-order chi connectivity index (χ1) is 7.70. The van der Waals surface area contributed by atoms with Crippen molar-refractivity contribution >= 4 is 0 Å². The number of aryl methyl sites for hydroxylation is 1. The molecule has 0 bridgehead atoms. The average Bonchev–Trinajstić information content (AvgIpc) is 3.10. The molecule has 0 saturated heterocycles. The minimum Gasteiger partial charge on any atom is -0.494 e. The molecule has 1 aliphatic rings. The van der Waals surface area contributed by atoms with Crippen LogP contribution >= 0.6 is 0 Å². The summed E-state index contributed by atoms with van der Waals surface area (Å²) < 4.78 is 18.2. The van der Waals surface area contributed by atoms with E-state index < -0.39 is 0 Å². The van der Waals surface area contributed by atoms with Gasteiger partial charge in [-0.25, -0.2) is 4.39 Å². The molecule has 1 unspecified atom stereocenters. The molecular weight excluding hydrogens is 207 g/mol. The van der Waals surface area contributed by atoms with Crippen molar-refractivity contribution in [2.24, 2.45) is 5.92 Å². The van der Waals surface area contributed by atoms with Gasteiger partial charge in [0.05, 0.1) is 13.2 Å². The van der Waals surface area contributed by atoms with E-state index in [-0.39, 0.29) is 17.7 Å². The van der Waals surface area contributed by atoms with Gasteiger partial charge in [-0.1, -0.05) is 6.07 Å². The highest BCUT2D eigenvalue weighted by Crippen LogP contribution is 2.34. The number of halogens is 1. The molecule has 1 fully saturated rings. The molecule has 1 aliphatic carbocycles. The first-order valence-electron chi connectivity index (χ1n) is 5.71. The summed E-state index contributed by atoms with van der Waals surface area (Å²) in [6, 6.07) is 4.97. The number of rotatable bonds is 5. The SMILES string of the molecule is COc1ccc(CCC(O)C2CC2)cc1F. The molecule has 1 N–H and O–H groups in total. The minimum atomic E-state index is -0.332. The van der Waals surface area contributed by atoms with Gasteiger partial charge in [-0.15, -0.1) is 0 Å². The highest BCUT2D eigenvalue weighted by atomic mass is 19.1. The molecule has 1 saturated carbocycles. The Morgan fingerprint density at radius 1 is 1.50 bits per heavy atom. The first-order valence-corrected chi connectivity index (χ1v) is 5.71. The lowest BCUT2D eigenvalue weighted by Crippen LogP contribution is -2.10. The smallest absolute Gasteiger partial charge is 0.165 e. The number of benzene rings is 1. The lowest BCUT2D eigenvalue weighted by molar-refractivity contribution is 0.142. The molecule has 88 valence electrons. The van der Waals surface area contributed by atoms with Gasteiger partial charge in [-0.05, 0) is 49.3 Å². The van der Waals surface area contributed by atoms with E-state index in [1.54, 1.807) is 6.07 Å². The van der Waals surface area contributed by atoms with Crippen molar-refractivity contribution in [2.45, 2.75) is 31.8 Å². The molecule has 2 nitrogen and oxygen atoms in total. The number of ether oxygens (including phenoxy) is 1. The molecule has 0 spiro atoms. The van der Waals surface area contributed by atoms with Gasteiger partial charge < -0.3 is 9.84 Å². The second kappa shape index (κ2) is 4.83. The van der Waals surface area contributed by atoms with Crippen molar-refractivity contribution in [1.82, 2.24) is 0 Å². The highest BCUT2D eigenvalue weighted by molar-refractivity contribution is 5.29. The Labute approximate surface area is 95.1 Å². The van der Waals surface area contributed by atoms with E-state index in [1.807, 2.05) is 6.07 Å². The summed E-state index contributed by atoms with van der Waals surface area (Å²) >= 11 is 0. The lowest BCUT2D eigenvalue weighted by Gasteiger charge is -2.09. The van der Waals surface area contributed by atoms with Crippen LogP contribution in [0.25, 0.3) is 0 Å². The van der Waals surface area contributed by atoms with Gasteiger partial charge in [-0.2, -0.15) is 0 Å². The van der Waals surface area contributed by atoms with Crippen molar-refractivity contribution in [3.8, 4) is 5.75 Å². The maximum Gasteiger partial charge on any atom is 0.165 e. The summed E-state index contributed by atoms with van der Waals surface area (Å²) in [5, 5.41) is 9.70. The zero-order chi connectivity index (χ0) is 11.5. The van der Waals surface area contributed by atoms with Crippen molar-refractivity contribution in [3.05, 3.63) is 29.6 Å². The summed E-state index contributed by atoms with van der Waals surface area (Å²) in [7, 11) is 1.45. The molecule has 0 aromatic heterocycles. The van der Waals surface area contributed by atoms with E-state index >= 15 is 0 Å². The van der Waals surface area contributed by atoms with Gasteiger partial charge in [0.25, 0.3) is 0 Å². The molecule has 0 radical (unpaired) electrons. The molecular formula is C13H17FO2. The first kappa shape index (κ1) is 11.4. The van der Waals surface area contributed by atoms with Crippen LogP contribution in [0.15, 0.2) is 18.2 Å². The van der Waals surface area contributed by atoms with Gasteiger partial charge in [0.2, 0.25) is 0 Å². The predicted octanol–water partition coefficient (Wildman–Crippen LogP) is 2.54. The average molecular weight is 224 g/mol. The van der Waals surface area contributed by atoms with Crippen LogP contribution in [0.5, 0.6) is 5.75 Å². The third-order valence-corrected chi connectivity index (χ3v) is 3.11. The van der Waals surface area contributed by atoms with Gasteiger partial charge in [0.1, 0.15) is 0 Å². The fourth-order valence-electron chi connectivity index (χ4n) is 1.90. The lowest BCUT2D eigenvalue weighted by atomic mass is 10.0. The van der Waals surface area contributed by atoms with Crippen LogP contribution in [0.4, 0.5) is 4.39 Å². The van der Waals surface area contributed by atoms with Crippen molar-refractivity contribution in [2.75, 3.05) is 7.11 Å². The number of aliphatic hydroxyl groups is 1. The number of hydrogen-bond donors (Lipinski definition) is 1. The largest absolute Gasteiger partial charge is 0.494 e. The van der Waals surface area contributed by atoms with Gasteiger partial charge in [-0.3, -0.25) is 0 Å². The number of aliphatic hydroxyl groups excluding tert-OH is 1. The number of hydrogen-bond acceptors (Lipinski definition) is 2. The predicted molar refractivity (Wildman–Crippen MR) is 60.0 cm³/mol. The fourth-order valence-corrected chi connectivity index (χ4v) is 1.90. The quantitative estimate of drug-likeness (QED) is 0.832. The molecule has 2 rings (SSSR count). The van der Waals surface area contributed by atoms with Gasteiger partial charge in [0, 0.05) is 0 Å². The zero-order valence-electron chi connectivity index (χ0n) is 9.45. The number of methoxy groups -OCH3 is 1. The maximum atomic E-state index is 13.4. The van der Waals surface area contributed by atoms with Crippen LogP contribution in [0, 0.1) is 11.7 Å². The van der Waals surface area contributed by atoms with Crippen LogP contribution in [0.3, 0.4) is 0 Å². The Hall–Kier alpha value is -1.09. The monoisotopic (exact) mass is 224 g/mol. The standard InChI is InChI=1S/C13H17FO2/c1-16-13-7-3-9(8-11(13)14)2-6-12(15)10-4-5-10/h3,7-8,10,12,15H,2,4-6H2,1H3. The van der Waals surface area contributed by atoms with Crippen LogP contribution < -0.4 is 4.74 Å². The van der Waals surface area contributed by atoms with E-state index in [0.29, 0.717) is 5.92 Å². The van der Waals surface area contributed by atoms with Crippen molar-refractivity contribution < 1.29 is 14.2 Å². The minimum absolute atomic E-state index is 0.217. The van der Waals surface area contributed by atoms with E-state index in [1.165, 1.54) is 13.2 Å². The summed E-state index contributed by atoms with van der Waals surface area (Å²) in [4.78, 5) is 0. The summed E-state index contributed by atoms with van der Waals surface area (Å²) in [6.07, 6.45) is 3.50. The van der Waals surface area contributed by atoms with E-state index in [0.717, 1.165) is 31.2 Å². The Morgan fingerprint density at radius 2 is 2.25 bits per heavy atom. The topological polar surface area (TPSA) is 29.5 Å². The Bertz CT molecular complexity index is 361. The summed E-state index contributed by atoms with van der Waals surface area (Å²) in [5.41, 5.74) is 0.915. The van der Waals surface area contributed by atoms with Crippen LogP contribution in [0.2, 0.25) is 0 Å². The third-order valence-electron chi connectivity index (χ3n) is 3.11. The summed E-state index contributed by atoms with van der Waals surface area (Å²) in [5.74, 6) is 0.426. The van der Waals surface area contributed by atoms with E-state index in [9.17, 15) is 9.50 Å². The fraction of sp³-hybridized carbons (Fsp3) is 0.538. The second-order valence-corrected chi connectivity index (χ2v) is 4.41. The maximum absolute atomic E-state index is 13.4. The molecule has 0 heterocycles. The normalized spacial score (nSPS) is 17.2. The van der Waals surface area contributed by atoms with Crippen molar-refractivity contribution in [1.29, 1.82) is 0 Å². The molecule has 3 heteroatoms. The molecule has 16 heavy (non-hydrogen) atoms. The third kappa shape index (κ3) is 2.73. The molecule has 0 amide bonds. The Kier molecular flexibility index (Phi) is 3.44. The van der Waals surface area contributed by atoms with E-state index in [2.05, 4.69) is 0 Å². The van der Waals surface area contributed by atoms with E-state index in [4.69, 9.17) is 4.74 Å². The van der Waals surface area contributed by atoms with Crippen LogP contribution in [-0.2, 0) is 6.42 Å². The zero-order valence-corrected chi connectivity index (χ0v) is 9.45. The highest BCUT2D eigenvalue weighted by Gasteiger charge is 2.29. The Balaban J connectivity index is 1.91. The van der Waals surface area contributed by atoms with Crippen LogP contribution in [-0.4, -0.2) is 18.3 Å². The molecule has 0 aliphatic heterocycles. The Morgan fingerprint density at radius 3 is 2.81 bits per heavy atom. The molecule has 1 atom stereocenters. The molecule has 1 aromatic rings.